The number of carboxylic acid groups (broad SMARTS) is 1. The monoisotopic (exact) mass is 244 g/mol. The average molecular weight is 244 g/mol. The van der Waals surface area contributed by atoms with Crippen LogP contribution in [0.25, 0.3) is 10.8 Å². The molecule has 0 saturated carbocycles. The van der Waals surface area contributed by atoms with Crippen molar-refractivity contribution in [1.82, 2.24) is 0 Å². The lowest BCUT2D eigenvalue weighted by Crippen LogP contribution is -2.05. The molecule has 0 radical (unpaired) electrons. The van der Waals surface area contributed by atoms with Crippen LogP contribution in [-0.2, 0) is 11.2 Å². The van der Waals surface area contributed by atoms with Crippen molar-refractivity contribution in [2.24, 2.45) is 0 Å². The van der Waals surface area contributed by atoms with Crippen molar-refractivity contribution < 1.29 is 14.6 Å². The van der Waals surface area contributed by atoms with Crippen LogP contribution in [0.15, 0.2) is 36.4 Å². The summed E-state index contributed by atoms with van der Waals surface area (Å²) in [5.74, 6) is 0.0256. The molecule has 0 bridgehead atoms. The molecule has 0 amide bonds. The van der Waals surface area contributed by atoms with Crippen molar-refractivity contribution in [2.45, 2.75) is 26.4 Å². The maximum Gasteiger partial charge on any atom is 0.307 e. The molecule has 0 aromatic heterocycles. The zero-order valence-corrected chi connectivity index (χ0v) is 10.5. The molecule has 0 unspecified atom stereocenters. The molecule has 0 atom stereocenters. The highest BCUT2D eigenvalue weighted by atomic mass is 16.5. The molecule has 2 aromatic rings. The van der Waals surface area contributed by atoms with Gasteiger partial charge in [0.1, 0.15) is 5.75 Å². The van der Waals surface area contributed by atoms with Gasteiger partial charge in [0.25, 0.3) is 0 Å². The summed E-state index contributed by atoms with van der Waals surface area (Å²) >= 11 is 0. The topological polar surface area (TPSA) is 46.5 Å². The highest BCUT2D eigenvalue weighted by molar-refractivity contribution is 5.85. The van der Waals surface area contributed by atoms with Crippen LogP contribution < -0.4 is 4.74 Å². The standard InChI is InChI=1S/C15H16O3/c1-10(2)18-14-6-5-12-7-11(8-15(16)17)3-4-13(12)9-14/h3-7,9-10H,8H2,1-2H3,(H,16,17). The third-order valence-corrected chi connectivity index (χ3v) is 2.60. The second-order valence-electron chi connectivity index (χ2n) is 4.58. The highest BCUT2D eigenvalue weighted by Crippen LogP contribution is 2.23. The number of carboxylic acids is 1. The number of carbonyl (C=O) groups is 1. The van der Waals surface area contributed by atoms with Gasteiger partial charge in [0, 0.05) is 0 Å². The van der Waals surface area contributed by atoms with Gasteiger partial charge in [-0.25, -0.2) is 0 Å². The molecular formula is C15H16O3. The van der Waals surface area contributed by atoms with Crippen LogP contribution in [0, 0.1) is 0 Å². The molecule has 3 heteroatoms. The van der Waals surface area contributed by atoms with Gasteiger partial charge in [-0.3, -0.25) is 4.79 Å². The quantitative estimate of drug-likeness (QED) is 0.898. The van der Waals surface area contributed by atoms with Gasteiger partial charge in [0.15, 0.2) is 0 Å². The number of hydrogen-bond donors (Lipinski definition) is 1. The maximum atomic E-state index is 10.7. The van der Waals surface area contributed by atoms with Crippen molar-refractivity contribution in [3.8, 4) is 5.75 Å². The Morgan fingerprint density at radius 2 is 1.83 bits per heavy atom. The molecular weight excluding hydrogens is 228 g/mol. The van der Waals surface area contributed by atoms with E-state index in [2.05, 4.69) is 0 Å². The number of ether oxygens (including phenoxy) is 1. The largest absolute Gasteiger partial charge is 0.491 e. The molecule has 0 aliphatic heterocycles. The summed E-state index contributed by atoms with van der Waals surface area (Å²) < 4.78 is 5.62. The highest BCUT2D eigenvalue weighted by Gasteiger charge is 2.03. The van der Waals surface area contributed by atoms with Gasteiger partial charge >= 0.3 is 5.97 Å². The van der Waals surface area contributed by atoms with Gasteiger partial charge in [-0.1, -0.05) is 24.3 Å². The normalized spacial score (nSPS) is 10.8. The summed E-state index contributed by atoms with van der Waals surface area (Å²) in [4.78, 5) is 10.7. The number of benzene rings is 2. The molecule has 18 heavy (non-hydrogen) atoms. The van der Waals surface area contributed by atoms with Gasteiger partial charge in [-0.15, -0.1) is 0 Å². The van der Waals surface area contributed by atoms with Crippen LogP contribution >= 0.6 is 0 Å². The molecule has 94 valence electrons. The van der Waals surface area contributed by atoms with Crippen molar-refractivity contribution in [3.05, 3.63) is 42.0 Å². The molecule has 2 rings (SSSR count). The third-order valence-electron chi connectivity index (χ3n) is 2.60. The first-order chi connectivity index (χ1) is 8.54. The zero-order valence-electron chi connectivity index (χ0n) is 10.5. The van der Waals surface area contributed by atoms with Crippen LogP contribution in [0.1, 0.15) is 19.4 Å². The zero-order chi connectivity index (χ0) is 13.1. The second kappa shape index (κ2) is 5.08. The Morgan fingerprint density at radius 1 is 1.17 bits per heavy atom. The summed E-state index contributed by atoms with van der Waals surface area (Å²) in [5, 5.41) is 10.9. The summed E-state index contributed by atoms with van der Waals surface area (Å²) in [5.41, 5.74) is 0.813. The van der Waals surface area contributed by atoms with Crippen LogP contribution in [0.3, 0.4) is 0 Å². The molecule has 0 saturated heterocycles. The van der Waals surface area contributed by atoms with E-state index < -0.39 is 5.97 Å². The van der Waals surface area contributed by atoms with Gasteiger partial charge in [-0.2, -0.15) is 0 Å². The first kappa shape index (κ1) is 12.4. The molecule has 2 aromatic carbocycles. The fourth-order valence-electron chi connectivity index (χ4n) is 1.90. The van der Waals surface area contributed by atoms with Crippen LogP contribution in [-0.4, -0.2) is 17.2 Å². The number of hydrogen-bond acceptors (Lipinski definition) is 2. The lowest BCUT2D eigenvalue weighted by atomic mass is 10.0. The van der Waals surface area contributed by atoms with Crippen molar-refractivity contribution in [3.63, 3.8) is 0 Å². The van der Waals surface area contributed by atoms with E-state index in [1.807, 2.05) is 50.2 Å². The van der Waals surface area contributed by atoms with Crippen molar-refractivity contribution >= 4 is 16.7 Å². The molecule has 0 spiro atoms. The van der Waals surface area contributed by atoms with Crippen LogP contribution in [0.2, 0.25) is 0 Å². The predicted molar refractivity (Wildman–Crippen MR) is 71.1 cm³/mol. The first-order valence-corrected chi connectivity index (χ1v) is 5.96. The molecule has 3 nitrogen and oxygen atoms in total. The lowest BCUT2D eigenvalue weighted by molar-refractivity contribution is -0.136. The minimum Gasteiger partial charge on any atom is -0.491 e. The van der Waals surface area contributed by atoms with Crippen molar-refractivity contribution in [1.29, 1.82) is 0 Å². The Bertz CT molecular complexity index is 573. The first-order valence-electron chi connectivity index (χ1n) is 5.96. The summed E-state index contributed by atoms with van der Waals surface area (Å²) in [6.45, 7) is 3.97. The second-order valence-corrected chi connectivity index (χ2v) is 4.58. The summed E-state index contributed by atoms with van der Waals surface area (Å²) in [7, 11) is 0. The van der Waals surface area contributed by atoms with E-state index in [1.165, 1.54) is 0 Å². The SMILES string of the molecule is CC(C)Oc1ccc2cc(CC(=O)O)ccc2c1. The molecule has 0 aliphatic carbocycles. The average Bonchev–Trinajstić information content (AvgIpc) is 2.27. The van der Waals surface area contributed by atoms with Gasteiger partial charge in [0.2, 0.25) is 0 Å². The Kier molecular flexibility index (Phi) is 3.51. The molecule has 1 N–H and O–H groups in total. The fraction of sp³-hybridized carbons (Fsp3) is 0.267. The fourth-order valence-corrected chi connectivity index (χ4v) is 1.90. The predicted octanol–water partition coefficient (Wildman–Crippen LogP) is 3.25. The summed E-state index contributed by atoms with van der Waals surface area (Å²) in [6.07, 6.45) is 0.203. The smallest absolute Gasteiger partial charge is 0.307 e. The number of fused-ring (bicyclic) bond motifs is 1. The molecule has 0 heterocycles. The van der Waals surface area contributed by atoms with E-state index in [9.17, 15) is 4.79 Å². The molecule has 0 fully saturated rings. The van der Waals surface area contributed by atoms with Crippen molar-refractivity contribution in [2.75, 3.05) is 0 Å². The van der Waals surface area contributed by atoms with E-state index >= 15 is 0 Å². The van der Waals surface area contributed by atoms with Gasteiger partial charge < -0.3 is 9.84 Å². The number of rotatable bonds is 4. The van der Waals surface area contributed by atoms with E-state index in [0.29, 0.717) is 0 Å². The third kappa shape index (κ3) is 3.00. The summed E-state index contributed by atoms with van der Waals surface area (Å²) in [6, 6.07) is 11.5. The molecule has 0 aliphatic rings. The Morgan fingerprint density at radius 3 is 2.50 bits per heavy atom. The Labute approximate surface area is 106 Å². The van der Waals surface area contributed by atoms with Crippen LogP contribution in [0.5, 0.6) is 5.75 Å². The van der Waals surface area contributed by atoms with E-state index in [-0.39, 0.29) is 12.5 Å². The van der Waals surface area contributed by atoms with Gasteiger partial charge in [-0.05, 0) is 42.3 Å². The Balaban J connectivity index is 2.32. The minimum atomic E-state index is -0.811. The van der Waals surface area contributed by atoms with E-state index in [1.54, 1.807) is 0 Å². The van der Waals surface area contributed by atoms with E-state index in [0.717, 1.165) is 22.1 Å². The van der Waals surface area contributed by atoms with Crippen LogP contribution in [0.4, 0.5) is 0 Å². The Hall–Kier alpha value is -2.03. The maximum absolute atomic E-state index is 10.7. The minimum absolute atomic E-state index is 0.0557. The van der Waals surface area contributed by atoms with E-state index in [4.69, 9.17) is 9.84 Å². The number of aliphatic carboxylic acids is 1. The lowest BCUT2D eigenvalue weighted by Gasteiger charge is -2.10. The van der Waals surface area contributed by atoms with Gasteiger partial charge in [0.05, 0.1) is 12.5 Å².